The van der Waals surface area contributed by atoms with Crippen LogP contribution in [0.25, 0.3) is 0 Å². The monoisotopic (exact) mass is 295 g/mol. The van der Waals surface area contributed by atoms with Gasteiger partial charge in [0.05, 0.1) is 0 Å². The van der Waals surface area contributed by atoms with E-state index in [0.717, 1.165) is 44.4 Å². The van der Waals surface area contributed by atoms with E-state index in [1.54, 1.807) is 11.3 Å². The third-order valence-corrected chi connectivity index (χ3v) is 5.60. The molecule has 3 rings (SSSR count). The van der Waals surface area contributed by atoms with Crippen LogP contribution in [0, 0.1) is 0 Å². The van der Waals surface area contributed by atoms with Crippen molar-refractivity contribution >= 4 is 16.5 Å². The smallest absolute Gasteiger partial charge is 0.185 e. The number of thiazole rings is 1. The van der Waals surface area contributed by atoms with Crippen molar-refractivity contribution < 1.29 is 0 Å². The Balaban J connectivity index is 1.64. The highest BCUT2D eigenvalue weighted by atomic mass is 32.1. The van der Waals surface area contributed by atoms with Gasteiger partial charge in [0, 0.05) is 56.4 Å². The molecule has 0 bridgehead atoms. The van der Waals surface area contributed by atoms with Crippen molar-refractivity contribution in [2.45, 2.75) is 18.4 Å². The summed E-state index contributed by atoms with van der Waals surface area (Å²) >= 11 is 1.73. The minimum Gasteiger partial charge on any atom is -0.346 e. The summed E-state index contributed by atoms with van der Waals surface area (Å²) in [5.74, 6) is 0. The number of nitrogens with zero attached hydrogens (tertiary/aromatic N) is 4. The van der Waals surface area contributed by atoms with Crippen LogP contribution in [0.5, 0.6) is 0 Å². The molecule has 2 aliphatic rings. The van der Waals surface area contributed by atoms with Gasteiger partial charge in [0.1, 0.15) is 0 Å². The molecule has 2 aliphatic heterocycles. The van der Waals surface area contributed by atoms with Crippen molar-refractivity contribution in [3.05, 3.63) is 11.6 Å². The van der Waals surface area contributed by atoms with E-state index in [2.05, 4.69) is 32.1 Å². The molecule has 1 aromatic rings. The maximum atomic E-state index is 6.17. The summed E-state index contributed by atoms with van der Waals surface area (Å²) in [7, 11) is 2.22. The molecule has 0 radical (unpaired) electrons. The van der Waals surface area contributed by atoms with Gasteiger partial charge in [-0.25, -0.2) is 4.98 Å². The van der Waals surface area contributed by atoms with Crippen LogP contribution in [0.2, 0.25) is 0 Å². The van der Waals surface area contributed by atoms with Gasteiger partial charge in [0.2, 0.25) is 0 Å². The zero-order valence-electron chi connectivity index (χ0n) is 12.3. The van der Waals surface area contributed by atoms with Gasteiger partial charge < -0.3 is 15.5 Å². The largest absolute Gasteiger partial charge is 0.346 e. The van der Waals surface area contributed by atoms with Crippen molar-refractivity contribution in [3.8, 4) is 0 Å². The molecule has 0 saturated carbocycles. The predicted molar refractivity (Wildman–Crippen MR) is 84.4 cm³/mol. The lowest BCUT2D eigenvalue weighted by Crippen LogP contribution is -2.65. The molecule has 112 valence electrons. The Morgan fingerprint density at radius 2 is 2.10 bits per heavy atom. The molecular formula is C14H25N5S. The van der Waals surface area contributed by atoms with Crippen LogP contribution in [-0.4, -0.2) is 73.2 Å². The van der Waals surface area contributed by atoms with Crippen LogP contribution in [0.4, 0.5) is 5.13 Å². The zero-order chi connectivity index (χ0) is 14.0. The van der Waals surface area contributed by atoms with Crippen LogP contribution in [0.3, 0.4) is 0 Å². The highest BCUT2D eigenvalue weighted by molar-refractivity contribution is 7.13. The van der Waals surface area contributed by atoms with Crippen molar-refractivity contribution in [3.63, 3.8) is 0 Å². The first-order valence-corrected chi connectivity index (χ1v) is 8.40. The molecule has 1 aromatic heterocycles. The molecular weight excluding hydrogens is 270 g/mol. The summed E-state index contributed by atoms with van der Waals surface area (Å²) in [5.41, 5.74) is 6.36. The average Bonchev–Trinajstić information content (AvgIpc) is 3.01. The molecule has 1 unspecified atom stereocenters. The van der Waals surface area contributed by atoms with Crippen LogP contribution < -0.4 is 10.6 Å². The summed E-state index contributed by atoms with van der Waals surface area (Å²) in [4.78, 5) is 11.9. The number of anilines is 1. The van der Waals surface area contributed by atoms with Crippen LogP contribution in [0.1, 0.15) is 12.8 Å². The molecule has 0 aliphatic carbocycles. The first-order valence-electron chi connectivity index (χ1n) is 7.52. The van der Waals surface area contributed by atoms with E-state index in [-0.39, 0.29) is 5.54 Å². The number of hydrogen-bond donors (Lipinski definition) is 1. The molecule has 1 atom stereocenters. The molecule has 3 heterocycles. The molecule has 20 heavy (non-hydrogen) atoms. The van der Waals surface area contributed by atoms with E-state index >= 15 is 0 Å². The van der Waals surface area contributed by atoms with Gasteiger partial charge in [-0.05, 0) is 26.4 Å². The molecule has 2 N–H and O–H groups in total. The standard InChI is InChI=1S/C14H25N5S/c1-17-5-2-3-14(11-15,12-17)19-8-6-18(7-9-19)13-16-4-10-20-13/h4,10H,2-3,5-9,11-12,15H2,1H3. The minimum absolute atomic E-state index is 0.196. The molecule has 2 fully saturated rings. The van der Waals surface area contributed by atoms with Crippen LogP contribution in [0.15, 0.2) is 11.6 Å². The van der Waals surface area contributed by atoms with Crippen molar-refractivity contribution in [1.82, 2.24) is 14.8 Å². The Labute approximate surface area is 125 Å². The molecule has 0 spiro atoms. The summed E-state index contributed by atoms with van der Waals surface area (Å²) in [6, 6.07) is 0. The fourth-order valence-electron chi connectivity index (χ4n) is 3.64. The Hall–Kier alpha value is -0.690. The van der Waals surface area contributed by atoms with Gasteiger partial charge in [-0.15, -0.1) is 11.3 Å². The molecule has 2 saturated heterocycles. The number of rotatable bonds is 3. The van der Waals surface area contributed by atoms with Gasteiger partial charge >= 0.3 is 0 Å². The first kappa shape index (κ1) is 14.3. The summed E-state index contributed by atoms with van der Waals surface area (Å²) in [6.07, 6.45) is 4.40. The number of aromatic nitrogens is 1. The second-order valence-corrected chi connectivity index (χ2v) is 6.93. The first-order chi connectivity index (χ1) is 9.73. The van der Waals surface area contributed by atoms with E-state index < -0.39 is 0 Å². The van der Waals surface area contributed by atoms with E-state index in [4.69, 9.17) is 5.73 Å². The van der Waals surface area contributed by atoms with E-state index in [9.17, 15) is 0 Å². The zero-order valence-corrected chi connectivity index (χ0v) is 13.1. The van der Waals surface area contributed by atoms with Gasteiger partial charge in [-0.3, -0.25) is 4.90 Å². The highest BCUT2D eigenvalue weighted by Gasteiger charge is 2.40. The second kappa shape index (κ2) is 5.97. The number of piperazine rings is 1. The molecule has 0 amide bonds. The topological polar surface area (TPSA) is 48.6 Å². The van der Waals surface area contributed by atoms with Gasteiger partial charge in [-0.2, -0.15) is 0 Å². The Kier molecular flexibility index (Phi) is 4.26. The third-order valence-electron chi connectivity index (χ3n) is 4.77. The average molecular weight is 295 g/mol. The van der Waals surface area contributed by atoms with Crippen molar-refractivity contribution in [1.29, 1.82) is 0 Å². The van der Waals surface area contributed by atoms with Gasteiger partial charge in [-0.1, -0.05) is 0 Å². The number of piperidine rings is 1. The fourth-order valence-corrected chi connectivity index (χ4v) is 4.33. The lowest BCUT2D eigenvalue weighted by Gasteiger charge is -2.51. The summed E-state index contributed by atoms with van der Waals surface area (Å²) in [5, 5.41) is 3.21. The molecule has 5 nitrogen and oxygen atoms in total. The van der Waals surface area contributed by atoms with Crippen molar-refractivity contribution in [2.24, 2.45) is 5.73 Å². The summed E-state index contributed by atoms with van der Waals surface area (Å²) < 4.78 is 0. The Morgan fingerprint density at radius 3 is 2.70 bits per heavy atom. The second-order valence-electron chi connectivity index (χ2n) is 6.06. The Bertz CT molecular complexity index is 415. The molecule has 6 heteroatoms. The highest BCUT2D eigenvalue weighted by Crippen LogP contribution is 2.28. The lowest BCUT2D eigenvalue weighted by molar-refractivity contribution is 0.0220. The number of hydrogen-bond acceptors (Lipinski definition) is 6. The van der Waals surface area contributed by atoms with E-state index in [1.807, 2.05) is 6.20 Å². The SMILES string of the molecule is CN1CCCC(CN)(N2CCN(c3nccs3)CC2)C1. The van der Waals surface area contributed by atoms with Gasteiger partial charge in [0.15, 0.2) is 5.13 Å². The quantitative estimate of drug-likeness (QED) is 0.889. The Morgan fingerprint density at radius 1 is 1.30 bits per heavy atom. The van der Waals surface area contributed by atoms with E-state index in [0.29, 0.717) is 0 Å². The van der Waals surface area contributed by atoms with Gasteiger partial charge in [0.25, 0.3) is 0 Å². The number of likely N-dealkylation sites (N-methyl/N-ethyl adjacent to an activating group) is 1. The minimum atomic E-state index is 0.196. The van der Waals surface area contributed by atoms with Crippen molar-refractivity contribution in [2.75, 3.05) is 57.8 Å². The summed E-state index contributed by atoms with van der Waals surface area (Å²) in [6.45, 7) is 7.43. The van der Waals surface area contributed by atoms with Crippen LogP contribution in [-0.2, 0) is 0 Å². The third kappa shape index (κ3) is 2.70. The number of likely N-dealkylation sites (tertiary alicyclic amines) is 1. The maximum absolute atomic E-state index is 6.17. The van der Waals surface area contributed by atoms with E-state index in [1.165, 1.54) is 19.4 Å². The fraction of sp³-hybridized carbons (Fsp3) is 0.786. The maximum Gasteiger partial charge on any atom is 0.185 e. The lowest BCUT2D eigenvalue weighted by atomic mass is 9.86. The predicted octanol–water partition coefficient (Wildman–Crippen LogP) is 0.688. The normalized spacial score (nSPS) is 29.8. The number of nitrogens with two attached hydrogens (primary N) is 1. The molecule has 0 aromatic carbocycles. The van der Waals surface area contributed by atoms with Crippen LogP contribution >= 0.6 is 11.3 Å².